The Balaban J connectivity index is 2.69. The van der Waals surface area contributed by atoms with Crippen LogP contribution < -0.4 is 0 Å². The van der Waals surface area contributed by atoms with Gasteiger partial charge in [-0.25, -0.2) is 0 Å². The number of hydrogen-bond acceptors (Lipinski definition) is 5. The molecule has 77 valence electrons. The molecule has 1 rings (SSSR count). The van der Waals surface area contributed by atoms with Crippen molar-refractivity contribution in [1.29, 1.82) is 0 Å². The van der Waals surface area contributed by atoms with Crippen molar-refractivity contribution in [3.63, 3.8) is 0 Å². The van der Waals surface area contributed by atoms with Crippen LogP contribution in [0.2, 0.25) is 0 Å². The van der Waals surface area contributed by atoms with E-state index in [0.717, 1.165) is 0 Å². The van der Waals surface area contributed by atoms with Gasteiger partial charge in [0.1, 0.15) is 12.2 Å². The Kier molecular flexibility index (Phi) is 3.63. The van der Waals surface area contributed by atoms with E-state index in [9.17, 15) is 15.3 Å². The van der Waals surface area contributed by atoms with Crippen LogP contribution in [-0.4, -0.2) is 69.4 Å². The van der Waals surface area contributed by atoms with Crippen molar-refractivity contribution in [3.8, 4) is 0 Å². The Hall–Kier alpha value is -0.200. The van der Waals surface area contributed by atoms with Gasteiger partial charge in [0.05, 0.1) is 18.8 Å². The van der Waals surface area contributed by atoms with Gasteiger partial charge in [0.2, 0.25) is 0 Å². The van der Waals surface area contributed by atoms with E-state index in [1.54, 1.807) is 4.90 Å². The Morgan fingerprint density at radius 1 is 1.23 bits per heavy atom. The molecule has 1 aliphatic heterocycles. The van der Waals surface area contributed by atoms with Crippen LogP contribution in [0.1, 0.15) is 0 Å². The van der Waals surface area contributed by atoms with Crippen LogP contribution in [0.15, 0.2) is 0 Å². The molecule has 0 aromatic rings. The second-order valence-corrected chi connectivity index (χ2v) is 3.29. The van der Waals surface area contributed by atoms with Gasteiger partial charge in [-0.15, -0.1) is 0 Å². The van der Waals surface area contributed by atoms with E-state index in [-0.39, 0.29) is 13.2 Å². The quantitative estimate of drug-likeness (QED) is 0.389. The van der Waals surface area contributed by atoms with Crippen molar-refractivity contribution in [2.75, 3.05) is 19.7 Å². The lowest BCUT2D eigenvalue weighted by Gasteiger charge is -2.42. The molecule has 5 heteroatoms. The molecule has 0 aromatic carbocycles. The highest BCUT2D eigenvalue weighted by Gasteiger charge is 2.40. The molecule has 0 spiro atoms. The largest absolute Gasteiger partial charge is 0.395 e. The van der Waals surface area contributed by atoms with Crippen molar-refractivity contribution in [2.45, 2.75) is 24.4 Å². The minimum atomic E-state index is -1.18. The molecule has 4 atom stereocenters. The van der Waals surface area contributed by atoms with Crippen molar-refractivity contribution in [3.05, 3.63) is 6.92 Å². The van der Waals surface area contributed by atoms with Gasteiger partial charge in [-0.2, -0.15) is 0 Å². The summed E-state index contributed by atoms with van der Waals surface area (Å²) in [6.07, 6.45) is -3.27. The third-order valence-electron chi connectivity index (χ3n) is 2.50. The average molecular weight is 190 g/mol. The molecule has 0 aromatic heterocycles. The molecule has 0 saturated carbocycles. The fourth-order valence-corrected chi connectivity index (χ4v) is 1.64. The molecule has 1 saturated heterocycles. The van der Waals surface area contributed by atoms with E-state index in [1.807, 2.05) is 0 Å². The van der Waals surface area contributed by atoms with Gasteiger partial charge in [0.25, 0.3) is 0 Å². The van der Waals surface area contributed by atoms with E-state index < -0.39 is 24.4 Å². The SMILES string of the molecule is [CH2]CN1C[C@H](O)[C@@H](O)[C@H](O)[C@H]1CO. The first-order chi connectivity index (χ1) is 6.11. The number of rotatable bonds is 2. The highest BCUT2D eigenvalue weighted by atomic mass is 16.4. The maximum absolute atomic E-state index is 9.47. The number of hydrogen-bond donors (Lipinski definition) is 4. The topological polar surface area (TPSA) is 84.2 Å². The summed E-state index contributed by atoms with van der Waals surface area (Å²) in [5, 5.41) is 37.0. The third kappa shape index (κ3) is 2.00. The molecule has 1 radical (unpaired) electrons. The van der Waals surface area contributed by atoms with Crippen LogP contribution in [0.25, 0.3) is 0 Å². The standard InChI is InChI=1S/C8H16NO4/c1-2-9-3-6(11)8(13)7(12)5(9)4-10/h5-8,10-13H,1-4H2/t5-,6+,7-,8-/m1/s1. The Labute approximate surface area is 77.2 Å². The molecule has 0 amide bonds. The van der Waals surface area contributed by atoms with Gasteiger partial charge in [-0.3, -0.25) is 4.90 Å². The number of aliphatic hydroxyl groups excluding tert-OH is 4. The summed E-state index contributed by atoms with van der Waals surface area (Å²) >= 11 is 0. The van der Waals surface area contributed by atoms with Crippen molar-refractivity contribution >= 4 is 0 Å². The summed E-state index contributed by atoms with van der Waals surface area (Å²) in [7, 11) is 0. The summed E-state index contributed by atoms with van der Waals surface area (Å²) in [5.74, 6) is 0. The Morgan fingerprint density at radius 2 is 1.85 bits per heavy atom. The van der Waals surface area contributed by atoms with Crippen LogP contribution in [0.5, 0.6) is 0 Å². The molecular formula is C8H16NO4. The predicted octanol–water partition coefficient (Wildman–Crippen LogP) is -2.42. The normalized spacial score (nSPS) is 42.2. The minimum absolute atomic E-state index is 0.229. The zero-order valence-corrected chi connectivity index (χ0v) is 7.37. The van der Waals surface area contributed by atoms with Gasteiger partial charge < -0.3 is 20.4 Å². The van der Waals surface area contributed by atoms with E-state index in [1.165, 1.54) is 0 Å². The number of aliphatic hydroxyl groups is 4. The molecule has 1 fully saturated rings. The molecule has 5 nitrogen and oxygen atoms in total. The second-order valence-electron chi connectivity index (χ2n) is 3.29. The summed E-state index contributed by atoms with van der Waals surface area (Å²) in [4.78, 5) is 1.64. The van der Waals surface area contributed by atoms with E-state index in [4.69, 9.17) is 5.11 Å². The third-order valence-corrected chi connectivity index (χ3v) is 2.50. The van der Waals surface area contributed by atoms with Crippen molar-refractivity contribution in [2.24, 2.45) is 0 Å². The smallest absolute Gasteiger partial charge is 0.109 e. The number of piperidine rings is 1. The fourth-order valence-electron chi connectivity index (χ4n) is 1.64. The van der Waals surface area contributed by atoms with Gasteiger partial charge in [0, 0.05) is 6.54 Å². The molecule has 1 heterocycles. The van der Waals surface area contributed by atoms with E-state index in [0.29, 0.717) is 6.54 Å². The molecular weight excluding hydrogens is 174 g/mol. The van der Waals surface area contributed by atoms with E-state index in [2.05, 4.69) is 6.92 Å². The lowest BCUT2D eigenvalue weighted by molar-refractivity contribution is -0.142. The zero-order chi connectivity index (χ0) is 10.0. The van der Waals surface area contributed by atoms with Crippen LogP contribution in [0.4, 0.5) is 0 Å². The monoisotopic (exact) mass is 190 g/mol. The maximum Gasteiger partial charge on any atom is 0.109 e. The maximum atomic E-state index is 9.47. The van der Waals surface area contributed by atoms with Gasteiger partial charge in [-0.05, 0) is 13.5 Å². The first kappa shape index (κ1) is 10.9. The molecule has 0 bridgehead atoms. The zero-order valence-electron chi connectivity index (χ0n) is 7.37. The summed E-state index contributed by atoms with van der Waals surface area (Å²) in [6, 6.07) is -0.532. The average Bonchev–Trinajstić information content (AvgIpc) is 2.13. The van der Waals surface area contributed by atoms with Crippen molar-refractivity contribution in [1.82, 2.24) is 4.90 Å². The van der Waals surface area contributed by atoms with Gasteiger partial charge in [-0.1, -0.05) is 0 Å². The Morgan fingerprint density at radius 3 is 2.31 bits per heavy atom. The number of β-amino-alcohol motifs (C(OH)–C–C–N with tert-alkyl or cyclic N) is 1. The first-order valence-corrected chi connectivity index (χ1v) is 4.30. The summed E-state index contributed by atoms with van der Waals surface area (Å²) in [6.45, 7) is 3.97. The number of nitrogens with zero attached hydrogens (tertiary/aromatic N) is 1. The predicted molar refractivity (Wildman–Crippen MR) is 45.8 cm³/mol. The minimum Gasteiger partial charge on any atom is -0.395 e. The lowest BCUT2D eigenvalue weighted by Crippen LogP contribution is -2.62. The highest BCUT2D eigenvalue weighted by molar-refractivity contribution is 4.94. The number of likely N-dealkylation sites (tertiary alicyclic amines) is 1. The van der Waals surface area contributed by atoms with Crippen molar-refractivity contribution < 1.29 is 20.4 Å². The van der Waals surface area contributed by atoms with Crippen LogP contribution in [0.3, 0.4) is 0 Å². The molecule has 13 heavy (non-hydrogen) atoms. The molecule has 0 aliphatic carbocycles. The van der Waals surface area contributed by atoms with Crippen LogP contribution >= 0.6 is 0 Å². The van der Waals surface area contributed by atoms with E-state index >= 15 is 0 Å². The molecule has 0 unspecified atom stereocenters. The summed E-state index contributed by atoms with van der Waals surface area (Å²) in [5.41, 5.74) is 0. The fraction of sp³-hybridized carbons (Fsp3) is 0.875. The highest BCUT2D eigenvalue weighted by Crippen LogP contribution is 2.17. The van der Waals surface area contributed by atoms with Crippen LogP contribution in [-0.2, 0) is 0 Å². The van der Waals surface area contributed by atoms with Gasteiger partial charge >= 0.3 is 0 Å². The van der Waals surface area contributed by atoms with Gasteiger partial charge in [0.15, 0.2) is 0 Å². The Bertz CT molecular complexity index is 164. The lowest BCUT2D eigenvalue weighted by atomic mass is 9.94. The molecule has 1 aliphatic rings. The summed E-state index contributed by atoms with van der Waals surface area (Å²) < 4.78 is 0. The van der Waals surface area contributed by atoms with Crippen LogP contribution in [0, 0.1) is 6.92 Å². The first-order valence-electron chi connectivity index (χ1n) is 4.30. The second kappa shape index (κ2) is 4.34. The molecule has 4 N–H and O–H groups in total.